The van der Waals surface area contributed by atoms with E-state index in [4.69, 9.17) is 0 Å². The van der Waals surface area contributed by atoms with Gasteiger partial charge in [0.15, 0.2) is 5.69 Å². The topological polar surface area (TPSA) is 68.4 Å². The summed E-state index contributed by atoms with van der Waals surface area (Å²) in [6.45, 7) is 7.72. The van der Waals surface area contributed by atoms with Crippen molar-refractivity contribution in [1.82, 2.24) is 15.1 Å². The second-order valence-corrected chi connectivity index (χ2v) is 6.41. The Hall–Kier alpha value is -2.99. The van der Waals surface area contributed by atoms with Crippen molar-refractivity contribution in [2.24, 2.45) is 0 Å². The van der Waals surface area contributed by atoms with Gasteiger partial charge in [-0.05, 0) is 32.0 Å². The van der Waals surface area contributed by atoms with Crippen LogP contribution in [0.1, 0.15) is 24.3 Å². The fourth-order valence-corrected chi connectivity index (χ4v) is 3.14. The van der Waals surface area contributed by atoms with Crippen LogP contribution in [-0.2, 0) is 0 Å². The standard InChI is InChI=1S/C21H24N4O2/c1-3-24(4-2)15-14-22-20(26)19-17-12-8-9-13-18(17)21(27)25(23-19)16-10-6-5-7-11-16/h5-13H,3-4,14-15H2,1-2H3,(H,22,26)/p+1. The fraction of sp³-hybridized carbons (Fsp3) is 0.286. The van der Waals surface area contributed by atoms with Gasteiger partial charge < -0.3 is 10.2 Å². The van der Waals surface area contributed by atoms with Gasteiger partial charge in [0.25, 0.3) is 11.5 Å². The molecule has 27 heavy (non-hydrogen) atoms. The summed E-state index contributed by atoms with van der Waals surface area (Å²) >= 11 is 0. The molecule has 3 aromatic rings. The number of quaternary nitrogens is 1. The Balaban J connectivity index is 1.98. The van der Waals surface area contributed by atoms with Gasteiger partial charge in [-0.25, -0.2) is 0 Å². The molecule has 0 radical (unpaired) electrons. The normalized spacial score (nSPS) is 11.1. The molecule has 0 spiro atoms. The maximum absolute atomic E-state index is 12.9. The number of amides is 1. The highest BCUT2D eigenvalue weighted by Crippen LogP contribution is 2.15. The minimum Gasteiger partial charge on any atom is -0.345 e. The molecule has 2 aromatic carbocycles. The Bertz CT molecular complexity index is 978. The molecule has 1 heterocycles. The summed E-state index contributed by atoms with van der Waals surface area (Å²) in [5, 5.41) is 8.40. The Kier molecular flexibility index (Phi) is 5.98. The summed E-state index contributed by atoms with van der Waals surface area (Å²) in [6, 6.07) is 16.3. The van der Waals surface area contributed by atoms with Crippen LogP contribution in [0, 0.1) is 0 Å². The number of nitrogens with one attached hydrogen (secondary N) is 2. The Morgan fingerprint density at radius 1 is 1.00 bits per heavy atom. The molecule has 0 saturated heterocycles. The number of fused-ring (bicyclic) bond motifs is 1. The van der Waals surface area contributed by atoms with E-state index in [0.29, 0.717) is 23.0 Å². The van der Waals surface area contributed by atoms with Crippen LogP contribution in [0.15, 0.2) is 59.4 Å². The van der Waals surface area contributed by atoms with Gasteiger partial charge in [-0.15, -0.1) is 0 Å². The van der Waals surface area contributed by atoms with E-state index in [1.807, 2.05) is 24.3 Å². The molecule has 0 aliphatic rings. The number of rotatable bonds is 7. The first-order valence-electron chi connectivity index (χ1n) is 9.35. The zero-order valence-electron chi connectivity index (χ0n) is 15.7. The SMILES string of the molecule is CC[NH+](CC)CCNC(=O)c1nn(-c2ccccc2)c(=O)c2ccccc12. The van der Waals surface area contributed by atoms with E-state index in [1.165, 1.54) is 9.58 Å². The van der Waals surface area contributed by atoms with Crippen LogP contribution in [-0.4, -0.2) is 41.9 Å². The molecular formula is C21H25N4O2+. The maximum atomic E-state index is 12.9. The minimum atomic E-state index is -0.262. The predicted molar refractivity (Wildman–Crippen MR) is 107 cm³/mol. The quantitative estimate of drug-likeness (QED) is 0.657. The largest absolute Gasteiger partial charge is 0.345 e. The van der Waals surface area contributed by atoms with Crippen molar-refractivity contribution >= 4 is 16.7 Å². The number of aromatic nitrogens is 2. The lowest BCUT2D eigenvalue weighted by Gasteiger charge is -2.16. The van der Waals surface area contributed by atoms with Gasteiger partial charge in [0.2, 0.25) is 0 Å². The van der Waals surface area contributed by atoms with E-state index >= 15 is 0 Å². The van der Waals surface area contributed by atoms with E-state index < -0.39 is 0 Å². The van der Waals surface area contributed by atoms with Crippen LogP contribution < -0.4 is 15.8 Å². The molecule has 1 amide bonds. The lowest BCUT2D eigenvalue weighted by Crippen LogP contribution is -3.12. The third-order valence-electron chi connectivity index (χ3n) is 4.78. The second kappa shape index (κ2) is 8.60. The molecule has 1 aromatic heterocycles. The summed E-state index contributed by atoms with van der Waals surface area (Å²) in [6.07, 6.45) is 0. The number of benzene rings is 2. The zero-order valence-corrected chi connectivity index (χ0v) is 15.7. The number of hydrogen-bond acceptors (Lipinski definition) is 3. The van der Waals surface area contributed by atoms with Gasteiger partial charge in [-0.2, -0.15) is 9.78 Å². The van der Waals surface area contributed by atoms with Crippen molar-refractivity contribution in [3.8, 4) is 5.69 Å². The molecule has 0 unspecified atom stereocenters. The van der Waals surface area contributed by atoms with Crippen molar-refractivity contribution in [3.05, 3.63) is 70.6 Å². The summed E-state index contributed by atoms with van der Waals surface area (Å²) in [5.41, 5.74) is 0.666. The van der Waals surface area contributed by atoms with Gasteiger partial charge in [-0.1, -0.05) is 36.4 Å². The smallest absolute Gasteiger partial charge is 0.279 e. The maximum Gasteiger partial charge on any atom is 0.279 e. The van der Waals surface area contributed by atoms with Crippen molar-refractivity contribution < 1.29 is 9.69 Å². The molecule has 0 aliphatic carbocycles. The lowest BCUT2D eigenvalue weighted by atomic mass is 10.1. The number of hydrogen-bond donors (Lipinski definition) is 2. The fourth-order valence-electron chi connectivity index (χ4n) is 3.14. The molecule has 6 nitrogen and oxygen atoms in total. The second-order valence-electron chi connectivity index (χ2n) is 6.41. The van der Waals surface area contributed by atoms with Gasteiger partial charge in [0.1, 0.15) is 0 Å². The van der Waals surface area contributed by atoms with E-state index in [9.17, 15) is 9.59 Å². The van der Waals surface area contributed by atoms with E-state index in [1.54, 1.807) is 30.3 Å². The average Bonchev–Trinajstić information content (AvgIpc) is 2.72. The van der Waals surface area contributed by atoms with Crippen molar-refractivity contribution in [2.75, 3.05) is 26.2 Å². The molecule has 2 N–H and O–H groups in total. The number of carbonyl (C=O) groups excluding carboxylic acids is 1. The van der Waals surface area contributed by atoms with Crippen LogP contribution in [0.4, 0.5) is 0 Å². The molecular weight excluding hydrogens is 340 g/mol. The molecule has 0 saturated carbocycles. The summed E-state index contributed by atoms with van der Waals surface area (Å²) in [4.78, 5) is 27.1. The van der Waals surface area contributed by atoms with E-state index in [-0.39, 0.29) is 17.2 Å². The highest BCUT2D eigenvalue weighted by atomic mass is 16.2. The van der Waals surface area contributed by atoms with Gasteiger partial charge in [0.05, 0.1) is 37.3 Å². The van der Waals surface area contributed by atoms with Crippen LogP contribution >= 0.6 is 0 Å². The summed E-state index contributed by atoms with van der Waals surface area (Å²) in [7, 11) is 0. The highest BCUT2D eigenvalue weighted by molar-refractivity contribution is 6.04. The van der Waals surface area contributed by atoms with Crippen LogP contribution in [0.5, 0.6) is 0 Å². The monoisotopic (exact) mass is 365 g/mol. The van der Waals surface area contributed by atoms with Crippen LogP contribution in [0.2, 0.25) is 0 Å². The van der Waals surface area contributed by atoms with Crippen molar-refractivity contribution in [2.45, 2.75) is 13.8 Å². The van der Waals surface area contributed by atoms with Crippen LogP contribution in [0.25, 0.3) is 16.5 Å². The van der Waals surface area contributed by atoms with Gasteiger partial charge in [-0.3, -0.25) is 9.59 Å². The van der Waals surface area contributed by atoms with Gasteiger partial charge in [0, 0.05) is 5.39 Å². The number of likely N-dealkylation sites (N-methyl/N-ethyl adjacent to an activating group) is 1. The molecule has 0 fully saturated rings. The third kappa shape index (κ3) is 4.06. The lowest BCUT2D eigenvalue weighted by molar-refractivity contribution is -0.895. The molecule has 0 aliphatic heterocycles. The molecule has 0 bridgehead atoms. The first kappa shape index (κ1) is 18.8. The summed E-state index contributed by atoms with van der Waals surface area (Å²) in [5.74, 6) is -0.262. The van der Waals surface area contributed by atoms with E-state index in [0.717, 1.165) is 19.6 Å². The molecule has 3 rings (SSSR count). The Labute approximate surface area is 158 Å². The number of carbonyl (C=O) groups is 1. The van der Waals surface area contributed by atoms with Crippen LogP contribution in [0.3, 0.4) is 0 Å². The Morgan fingerprint density at radius 2 is 1.63 bits per heavy atom. The average molecular weight is 365 g/mol. The first-order valence-corrected chi connectivity index (χ1v) is 9.35. The third-order valence-corrected chi connectivity index (χ3v) is 4.78. The zero-order chi connectivity index (χ0) is 19.2. The number of para-hydroxylation sites is 1. The Morgan fingerprint density at radius 3 is 2.30 bits per heavy atom. The molecule has 6 heteroatoms. The van der Waals surface area contributed by atoms with Gasteiger partial charge >= 0.3 is 0 Å². The molecule has 140 valence electrons. The molecule has 0 atom stereocenters. The highest BCUT2D eigenvalue weighted by Gasteiger charge is 2.17. The number of nitrogens with zero attached hydrogens (tertiary/aromatic N) is 2. The summed E-state index contributed by atoms with van der Waals surface area (Å²) < 4.78 is 1.30. The predicted octanol–water partition coefficient (Wildman–Crippen LogP) is 1.04. The van der Waals surface area contributed by atoms with Crippen molar-refractivity contribution in [3.63, 3.8) is 0 Å². The minimum absolute atomic E-state index is 0.235. The van der Waals surface area contributed by atoms with Crippen molar-refractivity contribution in [1.29, 1.82) is 0 Å². The van der Waals surface area contributed by atoms with E-state index in [2.05, 4.69) is 24.3 Å². The first-order chi connectivity index (χ1) is 13.2.